The molecule has 0 spiro atoms. The first-order chi connectivity index (χ1) is 16.2. The molecule has 0 aliphatic carbocycles. The van der Waals surface area contributed by atoms with E-state index in [1.807, 2.05) is 26.0 Å². The summed E-state index contributed by atoms with van der Waals surface area (Å²) in [6, 6.07) is 1.66. The van der Waals surface area contributed by atoms with E-state index in [1.54, 1.807) is 46.0 Å². The van der Waals surface area contributed by atoms with Gasteiger partial charge in [0.1, 0.15) is 17.5 Å². The first kappa shape index (κ1) is 23.9. The Morgan fingerprint density at radius 2 is 1.71 bits per heavy atom. The van der Waals surface area contributed by atoms with Crippen molar-refractivity contribution in [3.8, 4) is 11.5 Å². The fraction of sp³-hybridized carbons (Fsp3) is 0.560. The number of hydrogen-bond acceptors (Lipinski definition) is 7. The molecular weight excluding hydrogens is 440 g/mol. The molecule has 1 aromatic carbocycles. The monoisotopic (exact) mass is 472 g/mol. The second-order valence-electron chi connectivity index (χ2n) is 9.12. The number of hydrogen-bond donors (Lipinski definition) is 0. The number of amides is 2. The van der Waals surface area contributed by atoms with Crippen LogP contribution < -0.4 is 9.47 Å². The zero-order valence-corrected chi connectivity index (χ0v) is 20.7. The van der Waals surface area contributed by atoms with Crippen molar-refractivity contribution in [2.45, 2.75) is 58.8 Å². The molecule has 184 valence electrons. The maximum absolute atomic E-state index is 13.9. The number of ether oxygens (including phenoxy) is 4. The lowest BCUT2D eigenvalue weighted by Gasteiger charge is -2.47. The first-order valence-electron chi connectivity index (χ1n) is 11.6. The number of carbonyl (C=O) groups is 3. The molecule has 1 aromatic rings. The van der Waals surface area contributed by atoms with Crippen molar-refractivity contribution in [3.63, 3.8) is 0 Å². The summed E-state index contributed by atoms with van der Waals surface area (Å²) in [7, 11) is 3.16. The van der Waals surface area contributed by atoms with Crippen LogP contribution in [0.25, 0.3) is 6.08 Å². The third kappa shape index (κ3) is 3.40. The van der Waals surface area contributed by atoms with E-state index in [9.17, 15) is 14.4 Å². The van der Waals surface area contributed by atoms with Gasteiger partial charge in [-0.1, -0.05) is 6.92 Å². The summed E-state index contributed by atoms with van der Waals surface area (Å²) in [6.45, 7) is 9.17. The lowest BCUT2D eigenvalue weighted by molar-refractivity contribution is -0.149. The summed E-state index contributed by atoms with van der Waals surface area (Å²) < 4.78 is 22.1. The Labute approximate surface area is 199 Å². The Bertz CT molecular complexity index is 1050. The second-order valence-corrected chi connectivity index (χ2v) is 9.12. The molecule has 5 atom stereocenters. The molecule has 0 unspecified atom stereocenters. The third-order valence-corrected chi connectivity index (χ3v) is 6.93. The van der Waals surface area contributed by atoms with Crippen molar-refractivity contribution in [1.29, 1.82) is 0 Å². The number of rotatable bonds is 5. The van der Waals surface area contributed by atoms with Crippen molar-refractivity contribution in [3.05, 3.63) is 29.0 Å². The molecule has 4 rings (SSSR count). The zero-order valence-electron chi connectivity index (χ0n) is 20.7. The minimum atomic E-state index is -0.844. The van der Waals surface area contributed by atoms with Crippen LogP contribution in [0.4, 0.5) is 4.79 Å². The molecule has 0 aromatic heterocycles. The topological polar surface area (TPSA) is 94.6 Å². The maximum Gasteiger partial charge on any atom is 0.411 e. The van der Waals surface area contributed by atoms with Crippen molar-refractivity contribution >= 4 is 24.0 Å². The van der Waals surface area contributed by atoms with Gasteiger partial charge in [0.15, 0.2) is 0 Å². The molecule has 0 radical (unpaired) electrons. The highest BCUT2D eigenvalue weighted by molar-refractivity contribution is 5.96. The first-order valence-corrected chi connectivity index (χ1v) is 11.6. The van der Waals surface area contributed by atoms with Gasteiger partial charge in [0.2, 0.25) is 0 Å². The van der Waals surface area contributed by atoms with Gasteiger partial charge in [-0.15, -0.1) is 0 Å². The Morgan fingerprint density at radius 3 is 2.29 bits per heavy atom. The minimum absolute atomic E-state index is 0.205. The van der Waals surface area contributed by atoms with E-state index in [0.29, 0.717) is 17.2 Å². The molecule has 9 heteroatoms. The van der Waals surface area contributed by atoms with E-state index < -0.39 is 42.0 Å². The van der Waals surface area contributed by atoms with E-state index in [4.69, 9.17) is 18.9 Å². The second kappa shape index (κ2) is 8.85. The van der Waals surface area contributed by atoms with Gasteiger partial charge in [-0.2, -0.15) is 0 Å². The molecule has 0 saturated carbocycles. The molecule has 34 heavy (non-hydrogen) atoms. The average Bonchev–Trinajstić information content (AvgIpc) is 3.05. The number of nitrogens with zero attached hydrogens (tertiary/aromatic N) is 2. The fourth-order valence-electron chi connectivity index (χ4n) is 5.62. The molecule has 2 fully saturated rings. The van der Waals surface area contributed by atoms with Crippen LogP contribution in [0.15, 0.2) is 17.8 Å². The van der Waals surface area contributed by atoms with Crippen LogP contribution in [-0.2, 0) is 19.1 Å². The van der Waals surface area contributed by atoms with Crippen LogP contribution >= 0.6 is 0 Å². The SMILES string of the molecule is CCOC(=O)[C@H]1[C@H](C)[C@@H]2C(=O)N3C(=Cc4c(OC)ccc(OC)c4[C@@H]3C)[C@H]1N2C(=O)OC(C)C. The lowest BCUT2D eigenvalue weighted by atomic mass is 9.86. The van der Waals surface area contributed by atoms with Gasteiger partial charge >= 0.3 is 12.1 Å². The molecule has 2 bridgehead atoms. The third-order valence-electron chi connectivity index (χ3n) is 6.93. The van der Waals surface area contributed by atoms with Crippen molar-refractivity contribution in [1.82, 2.24) is 9.80 Å². The summed E-state index contributed by atoms with van der Waals surface area (Å²) in [4.78, 5) is 43.4. The molecule has 2 saturated heterocycles. The Hall–Kier alpha value is -3.23. The van der Waals surface area contributed by atoms with Crippen LogP contribution in [0.5, 0.6) is 11.5 Å². The van der Waals surface area contributed by atoms with E-state index >= 15 is 0 Å². The van der Waals surface area contributed by atoms with Crippen LogP contribution in [0, 0.1) is 11.8 Å². The molecular formula is C25H32N2O7. The largest absolute Gasteiger partial charge is 0.496 e. The summed E-state index contributed by atoms with van der Waals surface area (Å²) >= 11 is 0. The number of piperazine rings is 1. The summed E-state index contributed by atoms with van der Waals surface area (Å²) in [6.07, 6.45) is 0.837. The Kier molecular flexibility index (Phi) is 6.22. The van der Waals surface area contributed by atoms with Gasteiger partial charge < -0.3 is 23.8 Å². The van der Waals surface area contributed by atoms with Crippen molar-refractivity contribution in [2.75, 3.05) is 20.8 Å². The molecule has 3 aliphatic rings. The number of carbonyl (C=O) groups excluding carboxylic acids is 3. The van der Waals surface area contributed by atoms with E-state index in [2.05, 4.69) is 0 Å². The van der Waals surface area contributed by atoms with Crippen LogP contribution in [0.2, 0.25) is 0 Å². The molecule has 3 aliphatic heterocycles. The highest BCUT2D eigenvalue weighted by Crippen LogP contribution is 2.53. The highest BCUT2D eigenvalue weighted by Gasteiger charge is 2.63. The number of esters is 1. The summed E-state index contributed by atoms with van der Waals surface area (Å²) in [5, 5.41) is 0. The Morgan fingerprint density at radius 1 is 1.06 bits per heavy atom. The van der Waals surface area contributed by atoms with Crippen LogP contribution in [-0.4, -0.2) is 66.8 Å². The van der Waals surface area contributed by atoms with Gasteiger partial charge in [-0.05, 0) is 45.9 Å². The van der Waals surface area contributed by atoms with Crippen LogP contribution in [0.3, 0.4) is 0 Å². The number of methoxy groups -OCH3 is 2. The number of benzene rings is 1. The summed E-state index contributed by atoms with van der Waals surface area (Å²) in [5.41, 5.74) is 2.12. The lowest BCUT2D eigenvalue weighted by Crippen LogP contribution is -2.60. The van der Waals surface area contributed by atoms with Gasteiger partial charge in [0.25, 0.3) is 5.91 Å². The van der Waals surface area contributed by atoms with E-state index in [0.717, 1.165) is 11.1 Å². The molecule has 0 N–H and O–H groups in total. The van der Waals surface area contributed by atoms with Gasteiger partial charge in [0, 0.05) is 22.7 Å². The maximum atomic E-state index is 13.9. The minimum Gasteiger partial charge on any atom is -0.496 e. The Balaban J connectivity index is 1.95. The quantitative estimate of drug-likeness (QED) is 0.607. The van der Waals surface area contributed by atoms with Crippen molar-refractivity contribution in [2.24, 2.45) is 11.8 Å². The summed E-state index contributed by atoms with van der Waals surface area (Å²) in [5.74, 6) is -0.617. The smallest absolute Gasteiger partial charge is 0.411 e. The number of fused-ring (bicyclic) bond motifs is 5. The zero-order chi connectivity index (χ0) is 24.9. The van der Waals surface area contributed by atoms with Crippen LogP contribution in [0.1, 0.15) is 51.8 Å². The van der Waals surface area contributed by atoms with Gasteiger partial charge in [-0.3, -0.25) is 14.5 Å². The fourth-order valence-corrected chi connectivity index (χ4v) is 5.62. The van der Waals surface area contributed by atoms with Gasteiger partial charge in [-0.25, -0.2) is 4.79 Å². The predicted octanol–water partition coefficient (Wildman–Crippen LogP) is 3.37. The molecule has 9 nitrogen and oxygen atoms in total. The predicted molar refractivity (Wildman–Crippen MR) is 123 cm³/mol. The average molecular weight is 473 g/mol. The normalized spacial score (nSPS) is 27.1. The van der Waals surface area contributed by atoms with Crippen molar-refractivity contribution < 1.29 is 33.3 Å². The highest BCUT2D eigenvalue weighted by atomic mass is 16.6. The van der Waals surface area contributed by atoms with E-state index in [1.165, 1.54) is 4.90 Å². The van der Waals surface area contributed by atoms with E-state index in [-0.39, 0.29) is 18.6 Å². The standard InChI is InChI=1S/C25H32N2O7/c1-8-33-24(29)19-13(4)21-23(28)26-14(5)20-15(17(31-6)9-10-18(20)32-7)11-16(26)22(19)27(21)25(30)34-12(2)3/h9-14,19,21-22H,8H2,1-7H3/t13-,14-,19-,21+,22+/m0/s1. The molecule has 3 heterocycles. The van der Waals surface area contributed by atoms with Gasteiger partial charge in [0.05, 0.1) is 44.9 Å². The molecule has 2 amide bonds.